The van der Waals surface area contributed by atoms with Gasteiger partial charge in [-0.15, -0.1) is 0 Å². The number of ether oxygens (including phenoxy) is 2. The number of hydrogen-bond donors (Lipinski definition) is 1. The Hall–Kier alpha value is -2.43. The van der Waals surface area contributed by atoms with E-state index in [2.05, 4.69) is 114 Å². The van der Waals surface area contributed by atoms with Crippen molar-refractivity contribution in [2.45, 2.75) is 64.8 Å². The van der Waals surface area contributed by atoms with Crippen LogP contribution in [-0.2, 0) is 22.9 Å². The normalized spacial score (nSPS) is 14.8. The van der Waals surface area contributed by atoms with Gasteiger partial charge in [0.2, 0.25) is 0 Å². The maximum absolute atomic E-state index is 6.30. The van der Waals surface area contributed by atoms with Crippen molar-refractivity contribution in [3.8, 4) is 0 Å². The van der Waals surface area contributed by atoms with Gasteiger partial charge in [0.05, 0.1) is 11.0 Å². The molecule has 2 aromatic carbocycles. The van der Waals surface area contributed by atoms with E-state index in [9.17, 15) is 0 Å². The lowest BCUT2D eigenvalue weighted by atomic mass is 10.0. The molecule has 4 aromatic rings. The highest BCUT2D eigenvalue weighted by Gasteiger charge is 2.25. The highest BCUT2D eigenvalue weighted by molar-refractivity contribution is 6.76. The molecule has 0 saturated carbocycles. The van der Waals surface area contributed by atoms with E-state index in [1.165, 1.54) is 56.4 Å². The molecule has 0 radical (unpaired) electrons. The molecule has 0 atom stereocenters. The zero-order valence-corrected chi connectivity index (χ0v) is 26.6. The van der Waals surface area contributed by atoms with Crippen LogP contribution in [0.2, 0.25) is 51.4 Å². The van der Waals surface area contributed by atoms with Gasteiger partial charge in [-0.3, -0.25) is 0 Å². The summed E-state index contributed by atoms with van der Waals surface area (Å²) in [6.07, 6.45) is 0. The molecule has 0 saturated heterocycles. The third kappa shape index (κ3) is 6.66. The average Bonchev–Trinajstić information content (AvgIpc) is 3.58. The maximum atomic E-state index is 6.30. The molecule has 0 fully saturated rings. The van der Waals surface area contributed by atoms with Gasteiger partial charge in [-0.2, -0.15) is 0 Å². The van der Waals surface area contributed by atoms with Crippen molar-refractivity contribution in [1.29, 1.82) is 0 Å². The number of nitrogens with one attached hydrogen (secondary N) is 1. The first-order valence-electron chi connectivity index (χ1n) is 14.4. The molecule has 39 heavy (non-hydrogen) atoms. The molecule has 0 bridgehead atoms. The molecular weight excluding hydrogens is 515 g/mol. The predicted octanol–water partition coefficient (Wildman–Crippen LogP) is 7.73. The van der Waals surface area contributed by atoms with Gasteiger partial charge in [-0.05, 0) is 47.5 Å². The molecule has 5 nitrogen and oxygen atoms in total. The molecule has 208 valence electrons. The predicted molar refractivity (Wildman–Crippen MR) is 172 cm³/mol. The van der Waals surface area contributed by atoms with E-state index in [1.807, 2.05) is 0 Å². The number of hydrogen-bond acceptors (Lipinski definition) is 3. The van der Waals surface area contributed by atoms with Crippen LogP contribution in [0.1, 0.15) is 11.4 Å². The van der Waals surface area contributed by atoms with Crippen molar-refractivity contribution in [1.82, 2.24) is 14.5 Å². The second-order valence-electron chi connectivity index (χ2n) is 13.3. The molecule has 5 rings (SSSR count). The van der Waals surface area contributed by atoms with E-state index in [-0.39, 0.29) is 0 Å². The van der Waals surface area contributed by atoms with Gasteiger partial charge in [-0.25, -0.2) is 0 Å². The Labute approximate surface area is 235 Å². The molecule has 0 aliphatic carbocycles. The van der Waals surface area contributed by atoms with Crippen LogP contribution in [0.4, 0.5) is 0 Å². The molecule has 0 amide bonds. The third-order valence-electron chi connectivity index (χ3n) is 7.64. The molecule has 2 aromatic heterocycles. The second kappa shape index (κ2) is 11.6. The van der Waals surface area contributed by atoms with Crippen LogP contribution < -0.4 is 5.32 Å². The highest BCUT2D eigenvalue weighted by atomic mass is 28.3. The molecule has 1 aliphatic rings. The van der Waals surface area contributed by atoms with Gasteiger partial charge < -0.3 is 23.9 Å². The Kier molecular flexibility index (Phi) is 8.35. The zero-order chi connectivity index (χ0) is 27.6. The number of rotatable bonds is 12. The minimum absolute atomic E-state index is 0.576. The van der Waals surface area contributed by atoms with Crippen LogP contribution in [0, 0.1) is 0 Å². The van der Waals surface area contributed by atoms with Crippen molar-refractivity contribution >= 4 is 49.1 Å². The minimum atomic E-state index is -1.14. The van der Waals surface area contributed by atoms with Gasteiger partial charge in [0, 0.05) is 64.6 Å². The number of nitrogens with zero attached hydrogens (tertiary/aromatic N) is 2. The van der Waals surface area contributed by atoms with Crippen LogP contribution in [-0.4, -0.2) is 51.6 Å². The van der Waals surface area contributed by atoms with Crippen LogP contribution in [0.15, 0.2) is 60.7 Å². The monoisotopic (exact) mass is 559 g/mol. The van der Waals surface area contributed by atoms with E-state index >= 15 is 0 Å². The third-order valence-corrected chi connectivity index (χ3v) is 11.0. The molecule has 0 unspecified atom stereocenters. The largest absolute Gasteiger partial charge is 0.361 e. The molecule has 1 aliphatic heterocycles. The average molecular weight is 560 g/mol. The molecular formula is C32H45N3O2Si2. The van der Waals surface area contributed by atoms with Crippen molar-refractivity contribution in [3.05, 3.63) is 72.1 Å². The van der Waals surface area contributed by atoms with Crippen molar-refractivity contribution in [2.75, 3.05) is 26.3 Å². The van der Waals surface area contributed by atoms with Gasteiger partial charge in [0.1, 0.15) is 13.5 Å². The van der Waals surface area contributed by atoms with Gasteiger partial charge in [0.25, 0.3) is 0 Å². The summed E-state index contributed by atoms with van der Waals surface area (Å²) in [4.78, 5) is 0. The smallest absolute Gasteiger partial charge is 0.123 e. The Morgan fingerprint density at radius 3 is 1.46 bits per heavy atom. The fraction of sp³-hybridized carbons (Fsp3) is 0.438. The number of benzene rings is 2. The lowest BCUT2D eigenvalue weighted by Crippen LogP contribution is -2.22. The van der Waals surface area contributed by atoms with E-state index in [0.717, 1.165) is 26.3 Å². The van der Waals surface area contributed by atoms with Gasteiger partial charge in [-0.1, -0.05) is 75.7 Å². The summed E-state index contributed by atoms with van der Waals surface area (Å²) in [6, 6.07) is 24.4. The fourth-order valence-corrected chi connectivity index (χ4v) is 6.80. The first kappa shape index (κ1) is 28.1. The first-order valence-corrected chi connectivity index (χ1v) is 21.8. The maximum Gasteiger partial charge on any atom is 0.123 e. The summed E-state index contributed by atoms with van der Waals surface area (Å²) in [5, 5.41) is 6.18. The van der Waals surface area contributed by atoms with E-state index in [0.29, 0.717) is 13.5 Å². The Morgan fingerprint density at radius 1 is 0.641 bits per heavy atom. The zero-order valence-electron chi connectivity index (χ0n) is 24.6. The van der Waals surface area contributed by atoms with E-state index < -0.39 is 16.1 Å². The molecule has 7 heteroatoms. The summed E-state index contributed by atoms with van der Waals surface area (Å²) in [7, 11) is -2.28. The van der Waals surface area contributed by atoms with Crippen molar-refractivity contribution in [2.24, 2.45) is 0 Å². The molecule has 1 N–H and O–H groups in total. The number of fused-ring (bicyclic) bond motifs is 2. The standard InChI is InChI=1S/C32H45N3O2Si2/c1-38(2,3)17-15-36-23-34-29-13-9-7-11-25(29)19-31(34)27-21-33-22-28(27)32-20-26-12-8-10-14-30(26)35(32)24-37-16-18-39(4,5)6/h7-14,19-20,33H,15-18,21-24H2,1-6H3. The van der Waals surface area contributed by atoms with Crippen LogP contribution >= 0.6 is 0 Å². The topological polar surface area (TPSA) is 40.4 Å². The van der Waals surface area contributed by atoms with Gasteiger partial charge >= 0.3 is 0 Å². The number of aromatic nitrogens is 2. The van der Waals surface area contributed by atoms with E-state index in [1.54, 1.807) is 0 Å². The minimum Gasteiger partial charge on any atom is -0.361 e. The summed E-state index contributed by atoms with van der Waals surface area (Å²) in [6.45, 7) is 18.9. The van der Waals surface area contributed by atoms with Crippen LogP contribution in [0.5, 0.6) is 0 Å². The summed E-state index contributed by atoms with van der Waals surface area (Å²) in [5.74, 6) is 0. The van der Waals surface area contributed by atoms with E-state index in [4.69, 9.17) is 9.47 Å². The Bertz CT molecular complexity index is 1360. The number of para-hydroxylation sites is 2. The van der Waals surface area contributed by atoms with Crippen molar-refractivity contribution in [3.63, 3.8) is 0 Å². The van der Waals surface area contributed by atoms with Gasteiger partial charge in [0.15, 0.2) is 0 Å². The second-order valence-corrected chi connectivity index (χ2v) is 24.5. The quantitative estimate of drug-likeness (QED) is 0.143. The summed E-state index contributed by atoms with van der Waals surface area (Å²) >= 11 is 0. The molecule has 3 heterocycles. The lowest BCUT2D eigenvalue weighted by molar-refractivity contribution is 0.0894. The fourth-order valence-electron chi connectivity index (χ4n) is 5.28. The Balaban J connectivity index is 1.52. The SMILES string of the molecule is C[Si](C)(C)CCOCn1c(C2=C(c3cc4ccccc4n3COCC[Si](C)(C)C)CNC2)cc2ccccc21. The Morgan fingerprint density at radius 2 is 1.05 bits per heavy atom. The van der Waals surface area contributed by atoms with Crippen LogP contribution in [0.25, 0.3) is 33.0 Å². The molecule has 0 spiro atoms. The highest BCUT2D eigenvalue weighted by Crippen LogP contribution is 2.35. The first-order chi connectivity index (χ1) is 18.6. The van der Waals surface area contributed by atoms with Crippen molar-refractivity contribution < 1.29 is 9.47 Å². The van der Waals surface area contributed by atoms with Crippen LogP contribution in [0.3, 0.4) is 0 Å². The summed E-state index contributed by atoms with van der Waals surface area (Å²) in [5.41, 5.74) is 7.67. The lowest BCUT2D eigenvalue weighted by Gasteiger charge is -2.18. The summed E-state index contributed by atoms with van der Waals surface area (Å²) < 4.78 is 17.4.